The lowest BCUT2D eigenvalue weighted by atomic mass is 9.74. The molecular formula is C29H39FN2O2. The number of rotatable bonds is 8. The standard InChI is InChI=1S/C29H39FN2O2/c1-22-7-3-8-23(2)32(22)16-6-15-31-28(33)29(13-17-34-18-14-29)21-24-9-4-10-25(19-24)26-11-5-12-27(30)20-26/h4-5,9-12,19-20,22-23H,3,6-8,13-18,21H2,1-2H3,(H,31,33). The van der Waals surface area contributed by atoms with E-state index in [0.29, 0.717) is 38.3 Å². The number of hydrogen-bond donors (Lipinski definition) is 1. The topological polar surface area (TPSA) is 41.6 Å². The van der Waals surface area contributed by atoms with Crippen LogP contribution in [0.4, 0.5) is 4.39 Å². The third-order valence-corrected chi connectivity index (χ3v) is 7.81. The van der Waals surface area contributed by atoms with Gasteiger partial charge in [-0.2, -0.15) is 0 Å². The second-order valence-electron chi connectivity index (χ2n) is 10.3. The van der Waals surface area contributed by atoms with Crippen molar-refractivity contribution in [2.24, 2.45) is 5.41 Å². The van der Waals surface area contributed by atoms with E-state index in [0.717, 1.165) is 42.5 Å². The molecule has 2 heterocycles. The Balaban J connectivity index is 1.40. The Hall–Kier alpha value is -2.24. The quantitative estimate of drug-likeness (QED) is 0.515. The summed E-state index contributed by atoms with van der Waals surface area (Å²) in [7, 11) is 0. The number of piperidine rings is 1. The number of benzene rings is 2. The number of nitrogens with one attached hydrogen (secondary N) is 1. The zero-order valence-corrected chi connectivity index (χ0v) is 20.7. The number of hydrogen-bond acceptors (Lipinski definition) is 3. The molecule has 2 aliphatic rings. The van der Waals surface area contributed by atoms with Gasteiger partial charge in [0.25, 0.3) is 0 Å². The van der Waals surface area contributed by atoms with E-state index in [1.54, 1.807) is 12.1 Å². The molecule has 0 bridgehead atoms. The largest absolute Gasteiger partial charge is 0.381 e. The highest BCUT2D eigenvalue weighted by molar-refractivity contribution is 5.83. The van der Waals surface area contributed by atoms with Gasteiger partial charge in [0.15, 0.2) is 0 Å². The third-order valence-electron chi connectivity index (χ3n) is 7.81. The third kappa shape index (κ3) is 6.05. The summed E-state index contributed by atoms with van der Waals surface area (Å²) in [4.78, 5) is 16.1. The van der Waals surface area contributed by atoms with Gasteiger partial charge in [-0.15, -0.1) is 0 Å². The smallest absolute Gasteiger partial charge is 0.226 e. The van der Waals surface area contributed by atoms with Crippen molar-refractivity contribution in [3.63, 3.8) is 0 Å². The second-order valence-corrected chi connectivity index (χ2v) is 10.3. The summed E-state index contributed by atoms with van der Waals surface area (Å²) >= 11 is 0. The summed E-state index contributed by atoms with van der Waals surface area (Å²) in [6.45, 7) is 7.61. The van der Waals surface area contributed by atoms with Crippen LogP contribution in [0, 0.1) is 11.2 Å². The van der Waals surface area contributed by atoms with Crippen LogP contribution in [-0.4, -0.2) is 49.2 Å². The molecule has 0 radical (unpaired) electrons. The normalized spacial score (nSPS) is 22.9. The number of halogens is 1. The Morgan fingerprint density at radius 2 is 1.74 bits per heavy atom. The first-order valence-corrected chi connectivity index (χ1v) is 12.9. The van der Waals surface area contributed by atoms with Crippen molar-refractivity contribution in [2.75, 3.05) is 26.3 Å². The minimum Gasteiger partial charge on any atom is -0.381 e. The van der Waals surface area contributed by atoms with Crippen LogP contribution in [0.25, 0.3) is 11.1 Å². The molecule has 2 aromatic rings. The number of ether oxygens (including phenoxy) is 1. The van der Waals surface area contributed by atoms with Gasteiger partial charge >= 0.3 is 0 Å². The summed E-state index contributed by atoms with van der Waals surface area (Å²) in [5, 5.41) is 3.27. The lowest BCUT2D eigenvalue weighted by Crippen LogP contribution is -2.47. The van der Waals surface area contributed by atoms with E-state index >= 15 is 0 Å². The van der Waals surface area contributed by atoms with Gasteiger partial charge in [0, 0.05) is 38.4 Å². The first kappa shape index (κ1) is 24.9. The molecule has 2 aromatic carbocycles. The van der Waals surface area contributed by atoms with Gasteiger partial charge < -0.3 is 10.1 Å². The minimum atomic E-state index is -0.454. The fraction of sp³-hybridized carbons (Fsp3) is 0.552. The van der Waals surface area contributed by atoms with E-state index in [9.17, 15) is 9.18 Å². The highest BCUT2D eigenvalue weighted by Crippen LogP contribution is 2.36. The predicted octanol–water partition coefficient (Wildman–Crippen LogP) is 5.60. The van der Waals surface area contributed by atoms with Gasteiger partial charge in [-0.25, -0.2) is 4.39 Å². The lowest BCUT2D eigenvalue weighted by Gasteiger charge is -2.39. The average Bonchev–Trinajstić information content (AvgIpc) is 2.84. The van der Waals surface area contributed by atoms with Crippen molar-refractivity contribution in [1.82, 2.24) is 10.2 Å². The van der Waals surface area contributed by atoms with E-state index in [1.165, 1.54) is 25.3 Å². The lowest BCUT2D eigenvalue weighted by molar-refractivity contribution is -0.136. The Kier molecular flexibility index (Phi) is 8.38. The Morgan fingerprint density at radius 3 is 2.44 bits per heavy atom. The van der Waals surface area contributed by atoms with Crippen molar-refractivity contribution in [2.45, 2.75) is 70.9 Å². The van der Waals surface area contributed by atoms with Crippen LogP contribution in [0.2, 0.25) is 0 Å². The summed E-state index contributed by atoms with van der Waals surface area (Å²) in [6, 6.07) is 16.1. The van der Waals surface area contributed by atoms with Crippen molar-refractivity contribution >= 4 is 5.91 Å². The number of likely N-dealkylation sites (tertiary alicyclic amines) is 1. The fourth-order valence-corrected chi connectivity index (χ4v) is 5.73. The highest BCUT2D eigenvalue weighted by atomic mass is 19.1. The summed E-state index contributed by atoms with van der Waals surface area (Å²) < 4.78 is 19.4. The van der Waals surface area contributed by atoms with E-state index in [-0.39, 0.29) is 11.7 Å². The number of amides is 1. The molecule has 2 unspecified atom stereocenters. The number of nitrogens with zero attached hydrogens (tertiary/aromatic N) is 1. The van der Waals surface area contributed by atoms with E-state index in [1.807, 2.05) is 18.2 Å². The number of carbonyl (C=O) groups is 1. The number of carbonyl (C=O) groups excluding carboxylic acids is 1. The zero-order valence-electron chi connectivity index (χ0n) is 20.7. The fourth-order valence-electron chi connectivity index (χ4n) is 5.73. The summed E-state index contributed by atoms with van der Waals surface area (Å²) in [6.07, 6.45) is 6.96. The molecule has 4 rings (SSSR count). The van der Waals surface area contributed by atoms with Gasteiger partial charge in [-0.3, -0.25) is 9.69 Å². The average molecular weight is 467 g/mol. The molecule has 4 nitrogen and oxygen atoms in total. The maximum Gasteiger partial charge on any atom is 0.226 e. The zero-order chi connectivity index (χ0) is 24.0. The Bertz CT molecular complexity index is 947. The van der Waals surface area contributed by atoms with Crippen LogP contribution in [-0.2, 0) is 16.0 Å². The highest BCUT2D eigenvalue weighted by Gasteiger charge is 2.40. The van der Waals surface area contributed by atoms with Crippen molar-refractivity contribution in [1.29, 1.82) is 0 Å². The Labute approximate surface area is 203 Å². The molecule has 2 aliphatic heterocycles. The van der Waals surface area contributed by atoms with Crippen LogP contribution in [0.15, 0.2) is 48.5 Å². The molecule has 2 saturated heterocycles. The first-order chi connectivity index (χ1) is 16.5. The second kappa shape index (κ2) is 11.5. The van der Waals surface area contributed by atoms with Crippen molar-refractivity contribution < 1.29 is 13.9 Å². The summed E-state index contributed by atoms with van der Waals surface area (Å²) in [5.41, 5.74) is 2.48. The van der Waals surface area contributed by atoms with E-state index in [2.05, 4.69) is 36.2 Å². The van der Waals surface area contributed by atoms with Gasteiger partial charge in [0.05, 0.1) is 5.41 Å². The molecular weight excluding hydrogens is 427 g/mol. The molecule has 0 aliphatic carbocycles. The molecule has 5 heteroatoms. The maximum atomic E-state index is 13.7. The molecule has 0 spiro atoms. The van der Waals surface area contributed by atoms with E-state index in [4.69, 9.17) is 4.74 Å². The van der Waals surface area contributed by atoms with Crippen LogP contribution in [0.1, 0.15) is 57.9 Å². The molecule has 1 amide bonds. The molecule has 2 fully saturated rings. The predicted molar refractivity (Wildman–Crippen MR) is 135 cm³/mol. The first-order valence-electron chi connectivity index (χ1n) is 12.9. The van der Waals surface area contributed by atoms with Crippen molar-refractivity contribution in [3.05, 3.63) is 59.9 Å². The Morgan fingerprint density at radius 1 is 1.06 bits per heavy atom. The molecule has 34 heavy (non-hydrogen) atoms. The minimum absolute atomic E-state index is 0.145. The molecule has 0 saturated carbocycles. The molecule has 184 valence electrons. The van der Waals surface area contributed by atoms with E-state index < -0.39 is 5.41 Å². The van der Waals surface area contributed by atoms with Crippen molar-refractivity contribution in [3.8, 4) is 11.1 Å². The van der Waals surface area contributed by atoms with Gasteiger partial charge in [-0.1, -0.05) is 42.8 Å². The van der Waals surface area contributed by atoms with Gasteiger partial charge in [0.2, 0.25) is 5.91 Å². The van der Waals surface area contributed by atoms with Gasteiger partial charge in [-0.05, 0) is 81.2 Å². The molecule has 1 N–H and O–H groups in total. The van der Waals surface area contributed by atoms with Gasteiger partial charge in [0.1, 0.15) is 5.82 Å². The maximum absolute atomic E-state index is 13.7. The monoisotopic (exact) mass is 466 g/mol. The molecule has 2 atom stereocenters. The molecule has 0 aromatic heterocycles. The van der Waals surface area contributed by atoms with Crippen LogP contribution in [0.5, 0.6) is 0 Å². The van der Waals surface area contributed by atoms with Crippen LogP contribution >= 0.6 is 0 Å². The summed E-state index contributed by atoms with van der Waals surface area (Å²) in [5.74, 6) is -0.0942. The van der Waals surface area contributed by atoms with Crippen LogP contribution < -0.4 is 5.32 Å². The SMILES string of the molecule is CC1CCCC(C)N1CCCNC(=O)C1(Cc2cccc(-c3cccc(F)c3)c2)CCOCC1. The van der Waals surface area contributed by atoms with Crippen LogP contribution in [0.3, 0.4) is 0 Å².